The second-order valence-electron chi connectivity index (χ2n) is 6.36. The first-order valence-corrected chi connectivity index (χ1v) is 8.67. The van der Waals surface area contributed by atoms with Crippen molar-refractivity contribution in [3.63, 3.8) is 0 Å². The van der Waals surface area contributed by atoms with E-state index in [0.29, 0.717) is 36.0 Å². The van der Waals surface area contributed by atoms with E-state index in [2.05, 4.69) is 25.2 Å². The molecule has 1 N–H and O–H groups in total. The zero-order chi connectivity index (χ0) is 19.1. The van der Waals surface area contributed by atoms with Crippen LogP contribution in [-0.2, 0) is 11.2 Å². The van der Waals surface area contributed by atoms with E-state index in [1.165, 1.54) is 5.56 Å². The Morgan fingerprint density at radius 3 is 2.19 bits per heavy atom. The van der Waals surface area contributed by atoms with Crippen LogP contribution in [0.15, 0.2) is 36.4 Å². The Morgan fingerprint density at radius 1 is 1.00 bits per heavy atom. The lowest BCUT2D eigenvalue weighted by Crippen LogP contribution is -2.12. The lowest BCUT2D eigenvalue weighted by molar-refractivity contribution is -0.116. The van der Waals surface area contributed by atoms with Gasteiger partial charge in [-0.3, -0.25) is 4.79 Å². The van der Waals surface area contributed by atoms with Gasteiger partial charge < -0.3 is 19.5 Å². The Morgan fingerprint density at radius 2 is 1.65 bits per heavy atom. The maximum Gasteiger partial charge on any atom is 0.224 e. The average molecular weight is 357 g/mol. The highest BCUT2D eigenvalue weighted by molar-refractivity contribution is 5.90. The molecule has 0 radical (unpaired) electrons. The Bertz CT molecular complexity index is 730. The molecule has 0 saturated carbocycles. The third-order valence-corrected chi connectivity index (χ3v) is 4.20. The van der Waals surface area contributed by atoms with Crippen molar-refractivity contribution in [1.82, 2.24) is 0 Å². The minimum Gasteiger partial charge on any atom is -0.493 e. The van der Waals surface area contributed by atoms with Crippen molar-refractivity contribution in [1.29, 1.82) is 0 Å². The molecule has 1 amide bonds. The smallest absolute Gasteiger partial charge is 0.224 e. The Hall–Kier alpha value is -2.69. The first kappa shape index (κ1) is 19.6. The van der Waals surface area contributed by atoms with Crippen molar-refractivity contribution in [3.8, 4) is 17.2 Å². The summed E-state index contributed by atoms with van der Waals surface area (Å²) in [4.78, 5) is 12.3. The van der Waals surface area contributed by atoms with Crippen LogP contribution in [0.25, 0.3) is 0 Å². The van der Waals surface area contributed by atoms with Gasteiger partial charge in [0.05, 0.1) is 21.3 Å². The van der Waals surface area contributed by atoms with E-state index in [4.69, 9.17) is 14.2 Å². The monoisotopic (exact) mass is 357 g/mol. The quantitative estimate of drug-likeness (QED) is 0.760. The number of rotatable bonds is 8. The van der Waals surface area contributed by atoms with Crippen LogP contribution < -0.4 is 19.5 Å². The number of nitrogens with one attached hydrogen (secondary N) is 1. The summed E-state index contributed by atoms with van der Waals surface area (Å²) >= 11 is 0. The molecule has 2 aromatic carbocycles. The summed E-state index contributed by atoms with van der Waals surface area (Å²) in [6.07, 6.45) is 0.941. The SMILES string of the molecule is COc1cc(CCC(=O)Nc2cccc(C(C)C)c2)cc(OC)c1OC. The molecule has 26 heavy (non-hydrogen) atoms. The molecule has 0 atom stereocenters. The second kappa shape index (κ2) is 9.13. The van der Waals surface area contributed by atoms with Crippen LogP contribution >= 0.6 is 0 Å². The molecular weight excluding hydrogens is 330 g/mol. The van der Waals surface area contributed by atoms with Crippen LogP contribution in [-0.4, -0.2) is 27.2 Å². The van der Waals surface area contributed by atoms with Crippen molar-refractivity contribution in [2.24, 2.45) is 0 Å². The van der Waals surface area contributed by atoms with E-state index in [9.17, 15) is 4.79 Å². The van der Waals surface area contributed by atoms with Gasteiger partial charge in [0.2, 0.25) is 11.7 Å². The number of carbonyl (C=O) groups is 1. The fraction of sp³-hybridized carbons (Fsp3) is 0.381. The molecule has 0 aliphatic rings. The predicted octanol–water partition coefficient (Wildman–Crippen LogP) is 4.41. The van der Waals surface area contributed by atoms with Gasteiger partial charge in [0.1, 0.15) is 0 Å². The van der Waals surface area contributed by atoms with Crippen LogP contribution in [0.1, 0.15) is 37.3 Å². The van der Waals surface area contributed by atoms with Crippen LogP contribution in [0.5, 0.6) is 17.2 Å². The van der Waals surface area contributed by atoms with Gasteiger partial charge in [-0.15, -0.1) is 0 Å². The van der Waals surface area contributed by atoms with Crippen molar-refractivity contribution < 1.29 is 19.0 Å². The number of ether oxygens (including phenoxy) is 3. The molecular formula is C21H27NO4. The largest absolute Gasteiger partial charge is 0.493 e. The molecule has 2 rings (SSSR count). The molecule has 0 aromatic heterocycles. The average Bonchev–Trinajstić information content (AvgIpc) is 2.65. The Kier molecular flexibility index (Phi) is 6.89. The number of carbonyl (C=O) groups excluding carboxylic acids is 1. The number of amides is 1. The number of benzene rings is 2. The van der Waals surface area contributed by atoms with Gasteiger partial charge in [0, 0.05) is 12.1 Å². The van der Waals surface area contributed by atoms with Gasteiger partial charge in [0.15, 0.2) is 11.5 Å². The normalized spacial score (nSPS) is 10.5. The van der Waals surface area contributed by atoms with Gasteiger partial charge in [-0.05, 0) is 47.7 Å². The fourth-order valence-corrected chi connectivity index (χ4v) is 2.74. The second-order valence-corrected chi connectivity index (χ2v) is 6.36. The highest BCUT2D eigenvalue weighted by atomic mass is 16.5. The predicted molar refractivity (Wildman–Crippen MR) is 104 cm³/mol. The topological polar surface area (TPSA) is 56.8 Å². The highest BCUT2D eigenvalue weighted by Gasteiger charge is 2.14. The molecule has 0 saturated heterocycles. The molecule has 0 bridgehead atoms. The van der Waals surface area contributed by atoms with Crippen LogP contribution in [0.3, 0.4) is 0 Å². The van der Waals surface area contributed by atoms with Crippen LogP contribution in [0.4, 0.5) is 5.69 Å². The summed E-state index contributed by atoms with van der Waals surface area (Å²) < 4.78 is 16.0. The zero-order valence-corrected chi connectivity index (χ0v) is 16.1. The molecule has 0 heterocycles. The van der Waals surface area contributed by atoms with Gasteiger partial charge in [-0.1, -0.05) is 26.0 Å². The summed E-state index contributed by atoms with van der Waals surface area (Å²) in [6.45, 7) is 4.26. The van der Waals surface area contributed by atoms with Gasteiger partial charge in [0.25, 0.3) is 0 Å². The minimum atomic E-state index is -0.0281. The van der Waals surface area contributed by atoms with Crippen molar-refractivity contribution in [3.05, 3.63) is 47.5 Å². The summed E-state index contributed by atoms with van der Waals surface area (Å²) in [7, 11) is 4.73. The van der Waals surface area contributed by atoms with Crippen LogP contribution in [0, 0.1) is 0 Å². The van der Waals surface area contributed by atoms with Crippen molar-refractivity contribution >= 4 is 11.6 Å². The number of methoxy groups -OCH3 is 3. The number of hydrogen-bond donors (Lipinski definition) is 1. The fourth-order valence-electron chi connectivity index (χ4n) is 2.74. The molecule has 5 nitrogen and oxygen atoms in total. The molecule has 0 aliphatic heterocycles. The van der Waals surface area contributed by atoms with E-state index in [-0.39, 0.29) is 5.91 Å². The molecule has 140 valence electrons. The van der Waals surface area contributed by atoms with E-state index in [1.807, 2.05) is 30.3 Å². The molecule has 0 unspecified atom stereocenters. The van der Waals surface area contributed by atoms with Crippen molar-refractivity contribution in [2.75, 3.05) is 26.6 Å². The van der Waals surface area contributed by atoms with E-state index >= 15 is 0 Å². The first-order valence-electron chi connectivity index (χ1n) is 8.67. The maximum atomic E-state index is 12.3. The zero-order valence-electron chi connectivity index (χ0n) is 16.1. The van der Waals surface area contributed by atoms with Crippen LogP contribution in [0.2, 0.25) is 0 Å². The minimum absolute atomic E-state index is 0.0281. The summed E-state index contributed by atoms with van der Waals surface area (Å²) in [5.41, 5.74) is 2.98. The summed E-state index contributed by atoms with van der Waals surface area (Å²) in [5.74, 6) is 2.12. The van der Waals surface area contributed by atoms with Crippen molar-refractivity contribution in [2.45, 2.75) is 32.6 Å². The number of hydrogen-bond acceptors (Lipinski definition) is 4. The molecule has 2 aromatic rings. The third-order valence-electron chi connectivity index (χ3n) is 4.20. The number of anilines is 1. The summed E-state index contributed by atoms with van der Waals surface area (Å²) in [6, 6.07) is 11.7. The maximum absolute atomic E-state index is 12.3. The molecule has 5 heteroatoms. The molecule has 0 fully saturated rings. The van der Waals surface area contributed by atoms with Gasteiger partial charge >= 0.3 is 0 Å². The Labute approximate surface area is 155 Å². The van der Waals surface area contributed by atoms with E-state index < -0.39 is 0 Å². The van der Waals surface area contributed by atoms with E-state index in [0.717, 1.165) is 11.3 Å². The first-order chi connectivity index (χ1) is 12.5. The van der Waals surface area contributed by atoms with Gasteiger partial charge in [-0.2, -0.15) is 0 Å². The highest BCUT2D eigenvalue weighted by Crippen LogP contribution is 2.38. The lowest BCUT2D eigenvalue weighted by Gasteiger charge is -2.14. The lowest BCUT2D eigenvalue weighted by atomic mass is 10.0. The molecule has 0 aliphatic carbocycles. The third kappa shape index (κ3) is 4.91. The molecule has 0 spiro atoms. The van der Waals surface area contributed by atoms with Gasteiger partial charge in [-0.25, -0.2) is 0 Å². The standard InChI is InChI=1S/C21H27NO4/c1-14(2)16-7-6-8-17(13-16)22-20(23)10-9-15-11-18(24-3)21(26-5)19(12-15)25-4/h6-8,11-14H,9-10H2,1-5H3,(H,22,23). The Balaban J connectivity index is 2.04. The van der Waals surface area contributed by atoms with E-state index in [1.54, 1.807) is 21.3 Å². The summed E-state index contributed by atoms with van der Waals surface area (Å²) in [5, 5.41) is 2.96. The number of aryl methyl sites for hydroxylation is 1.